The van der Waals surface area contributed by atoms with E-state index in [2.05, 4.69) is 10.6 Å². The van der Waals surface area contributed by atoms with Crippen LogP contribution in [0.5, 0.6) is 0 Å². The first-order valence-electron chi connectivity index (χ1n) is 6.47. The maximum atomic E-state index is 12.3. The second kappa shape index (κ2) is 7.49. The van der Waals surface area contributed by atoms with Crippen molar-refractivity contribution in [2.24, 2.45) is 11.7 Å². The van der Waals surface area contributed by atoms with Gasteiger partial charge in [-0.05, 0) is 11.5 Å². The summed E-state index contributed by atoms with van der Waals surface area (Å²) in [6.45, 7) is 3.61. The SMILES string of the molecule is CC(C)[C@@H](CO)NC(=O)C(NC(N)=O)c1ccccc1. The molecule has 0 bridgehead atoms. The number of rotatable bonds is 6. The lowest BCUT2D eigenvalue weighted by atomic mass is 10.0. The largest absolute Gasteiger partial charge is 0.394 e. The molecular weight excluding hydrogens is 258 g/mol. The molecule has 0 saturated carbocycles. The van der Waals surface area contributed by atoms with Crippen LogP contribution >= 0.6 is 0 Å². The van der Waals surface area contributed by atoms with Crippen LogP contribution in [0.25, 0.3) is 0 Å². The van der Waals surface area contributed by atoms with Gasteiger partial charge < -0.3 is 21.5 Å². The Bertz CT molecular complexity index is 448. The van der Waals surface area contributed by atoms with E-state index in [1.807, 2.05) is 19.9 Å². The monoisotopic (exact) mass is 279 g/mol. The standard InChI is InChI=1S/C14H21N3O3/c1-9(2)11(8-18)16-13(19)12(17-14(15)20)10-6-4-3-5-7-10/h3-7,9,11-12,18H,8H2,1-2H3,(H,16,19)(H3,15,17,20)/t11-,12?/m1/s1. The van der Waals surface area contributed by atoms with E-state index in [-0.39, 0.29) is 18.6 Å². The Morgan fingerprint density at radius 2 is 1.80 bits per heavy atom. The Hall–Kier alpha value is -2.08. The number of primary amides is 1. The van der Waals surface area contributed by atoms with Crippen LogP contribution in [0.2, 0.25) is 0 Å². The quantitative estimate of drug-likeness (QED) is 0.610. The number of hydrogen-bond donors (Lipinski definition) is 4. The van der Waals surface area contributed by atoms with Gasteiger partial charge >= 0.3 is 6.03 Å². The molecule has 1 aromatic rings. The van der Waals surface area contributed by atoms with Gasteiger partial charge in [-0.3, -0.25) is 4.79 Å². The molecule has 110 valence electrons. The predicted molar refractivity (Wildman–Crippen MR) is 75.8 cm³/mol. The normalized spacial score (nSPS) is 13.6. The Morgan fingerprint density at radius 1 is 1.20 bits per heavy atom. The third-order valence-corrected chi connectivity index (χ3v) is 3.01. The second-order valence-corrected chi connectivity index (χ2v) is 4.89. The highest BCUT2D eigenvalue weighted by Crippen LogP contribution is 2.13. The maximum Gasteiger partial charge on any atom is 0.313 e. The number of carbonyl (C=O) groups excluding carboxylic acids is 2. The maximum absolute atomic E-state index is 12.3. The van der Waals surface area contributed by atoms with Gasteiger partial charge in [0.1, 0.15) is 6.04 Å². The zero-order chi connectivity index (χ0) is 15.1. The van der Waals surface area contributed by atoms with Crippen LogP contribution in [0.4, 0.5) is 4.79 Å². The summed E-state index contributed by atoms with van der Waals surface area (Å²) in [7, 11) is 0. The lowest BCUT2D eigenvalue weighted by Crippen LogP contribution is -2.48. The average molecular weight is 279 g/mol. The number of urea groups is 1. The van der Waals surface area contributed by atoms with Gasteiger partial charge in [0.15, 0.2) is 0 Å². The Kier molecular flexibility index (Phi) is 5.99. The van der Waals surface area contributed by atoms with Gasteiger partial charge in [0.25, 0.3) is 0 Å². The highest BCUT2D eigenvalue weighted by Gasteiger charge is 2.24. The van der Waals surface area contributed by atoms with E-state index in [4.69, 9.17) is 5.73 Å². The topological polar surface area (TPSA) is 104 Å². The van der Waals surface area contributed by atoms with Crippen molar-refractivity contribution < 1.29 is 14.7 Å². The highest BCUT2D eigenvalue weighted by molar-refractivity contribution is 5.87. The van der Waals surface area contributed by atoms with Crippen molar-refractivity contribution in [1.29, 1.82) is 0 Å². The van der Waals surface area contributed by atoms with Gasteiger partial charge in [0.05, 0.1) is 12.6 Å². The lowest BCUT2D eigenvalue weighted by Gasteiger charge is -2.24. The fourth-order valence-corrected chi connectivity index (χ4v) is 1.78. The predicted octanol–water partition coefficient (Wildman–Crippen LogP) is 0.529. The number of benzene rings is 1. The number of nitrogens with one attached hydrogen (secondary N) is 2. The number of carbonyl (C=O) groups is 2. The molecule has 0 saturated heterocycles. The van der Waals surface area contributed by atoms with Crippen molar-refractivity contribution in [3.8, 4) is 0 Å². The summed E-state index contributed by atoms with van der Waals surface area (Å²) in [6.07, 6.45) is 0. The summed E-state index contributed by atoms with van der Waals surface area (Å²) in [4.78, 5) is 23.3. The fraction of sp³-hybridized carbons (Fsp3) is 0.429. The minimum Gasteiger partial charge on any atom is -0.394 e. The smallest absolute Gasteiger partial charge is 0.313 e. The molecule has 1 unspecified atom stereocenters. The first-order chi connectivity index (χ1) is 9.45. The van der Waals surface area contributed by atoms with Crippen LogP contribution in [0.1, 0.15) is 25.5 Å². The van der Waals surface area contributed by atoms with E-state index in [0.29, 0.717) is 5.56 Å². The molecule has 0 aliphatic rings. The summed E-state index contributed by atoms with van der Waals surface area (Å²) in [5.74, 6) is -0.322. The van der Waals surface area contributed by atoms with E-state index in [1.165, 1.54) is 0 Å². The molecule has 1 rings (SSSR count). The number of nitrogens with two attached hydrogens (primary N) is 1. The van der Waals surface area contributed by atoms with Crippen molar-refractivity contribution >= 4 is 11.9 Å². The van der Waals surface area contributed by atoms with Gasteiger partial charge in [-0.15, -0.1) is 0 Å². The van der Waals surface area contributed by atoms with Crippen LogP contribution in [0.3, 0.4) is 0 Å². The number of hydrogen-bond acceptors (Lipinski definition) is 3. The zero-order valence-electron chi connectivity index (χ0n) is 11.7. The number of aliphatic hydroxyl groups excluding tert-OH is 1. The van der Waals surface area contributed by atoms with Crippen LogP contribution in [-0.4, -0.2) is 29.7 Å². The minimum absolute atomic E-state index is 0.0777. The van der Waals surface area contributed by atoms with Gasteiger partial charge in [-0.2, -0.15) is 0 Å². The first kappa shape index (κ1) is 16.0. The van der Waals surface area contributed by atoms with Crippen molar-refractivity contribution in [1.82, 2.24) is 10.6 Å². The molecule has 6 nitrogen and oxygen atoms in total. The molecule has 1 aromatic carbocycles. The zero-order valence-corrected chi connectivity index (χ0v) is 11.7. The summed E-state index contributed by atoms with van der Waals surface area (Å²) >= 11 is 0. The molecular formula is C14H21N3O3. The first-order valence-corrected chi connectivity index (χ1v) is 6.47. The highest BCUT2D eigenvalue weighted by atomic mass is 16.3. The Balaban J connectivity index is 2.88. The van der Waals surface area contributed by atoms with Crippen molar-refractivity contribution in [2.45, 2.75) is 25.9 Å². The number of amides is 3. The van der Waals surface area contributed by atoms with E-state index in [0.717, 1.165) is 0 Å². The lowest BCUT2D eigenvalue weighted by molar-refractivity contribution is -0.124. The molecule has 0 heterocycles. The van der Waals surface area contributed by atoms with Crippen LogP contribution < -0.4 is 16.4 Å². The second-order valence-electron chi connectivity index (χ2n) is 4.89. The summed E-state index contributed by atoms with van der Waals surface area (Å²) < 4.78 is 0. The average Bonchev–Trinajstić information content (AvgIpc) is 2.42. The molecule has 2 atom stereocenters. The van der Waals surface area contributed by atoms with Crippen molar-refractivity contribution in [3.63, 3.8) is 0 Å². The Morgan fingerprint density at radius 3 is 2.25 bits per heavy atom. The summed E-state index contributed by atoms with van der Waals surface area (Å²) in [6, 6.07) is 6.78. The third kappa shape index (κ3) is 4.55. The molecule has 6 heteroatoms. The van der Waals surface area contributed by atoms with Gasteiger partial charge in [0.2, 0.25) is 5.91 Å². The molecule has 0 spiro atoms. The van der Waals surface area contributed by atoms with E-state index >= 15 is 0 Å². The summed E-state index contributed by atoms with van der Waals surface area (Å²) in [5.41, 5.74) is 5.74. The fourth-order valence-electron chi connectivity index (χ4n) is 1.78. The third-order valence-electron chi connectivity index (χ3n) is 3.01. The molecule has 5 N–H and O–H groups in total. The van der Waals surface area contributed by atoms with E-state index in [9.17, 15) is 14.7 Å². The Labute approximate surface area is 118 Å². The van der Waals surface area contributed by atoms with E-state index in [1.54, 1.807) is 24.3 Å². The molecule has 3 amide bonds. The minimum atomic E-state index is -0.874. The molecule has 0 aliphatic heterocycles. The van der Waals surface area contributed by atoms with Crippen molar-refractivity contribution in [3.05, 3.63) is 35.9 Å². The van der Waals surface area contributed by atoms with Crippen LogP contribution in [0.15, 0.2) is 30.3 Å². The van der Waals surface area contributed by atoms with Gasteiger partial charge in [-0.1, -0.05) is 44.2 Å². The molecule has 0 aromatic heterocycles. The molecule has 0 aliphatic carbocycles. The molecule has 0 radical (unpaired) electrons. The van der Waals surface area contributed by atoms with Crippen LogP contribution in [-0.2, 0) is 4.79 Å². The van der Waals surface area contributed by atoms with Crippen molar-refractivity contribution in [2.75, 3.05) is 6.61 Å². The molecule has 0 fully saturated rings. The molecule has 20 heavy (non-hydrogen) atoms. The van der Waals surface area contributed by atoms with Crippen LogP contribution in [0, 0.1) is 5.92 Å². The van der Waals surface area contributed by atoms with E-state index < -0.39 is 18.0 Å². The van der Waals surface area contributed by atoms with Gasteiger partial charge in [-0.25, -0.2) is 4.79 Å². The number of aliphatic hydroxyl groups is 1. The van der Waals surface area contributed by atoms with Gasteiger partial charge in [0, 0.05) is 0 Å². The summed E-state index contributed by atoms with van der Waals surface area (Å²) in [5, 5.41) is 14.4.